The number of nitrogens with one attached hydrogen (secondary N) is 2. The smallest absolute Gasteiger partial charge is 0.338 e. The number of fused-ring (bicyclic) bond motifs is 1. The molecule has 0 saturated heterocycles. The maximum atomic E-state index is 12.2. The third-order valence-corrected chi connectivity index (χ3v) is 8.39. The van der Waals surface area contributed by atoms with Crippen molar-refractivity contribution in [3.63, 3.8) is 0 Å². The molecule has 174 valence electrons. The Balaban J connectivity index is 1.27. The van der Waals surface area contributed by atoms with Crippen LogP contribution in [-0.2, 0) is 14.8 Å². The number of nitrogens with zero attached hydrogens (tertiary/aromatic N) is 3. The summed E-state index contributed by atoms with van der Waals surface area (Å²) in [6.07, 6.45) is 8.42. The van der Waals surface area contributed by atoms with Crippen molar-refractivity contribution in [2.24, 2.45) is 0 Å². The summed E-state index contributed by atoms with van der Waals surface area (Å²) < 4.78 is 34.0. The molecule has 9 nitrogen and oxygen atoms in total. The lowest BCUT2D eigenvalue weighted by Gasteiger charge is -2.29. The first-order valence-electron chi connectivity index (χ1n) is 11.2. The summed E-state index contributed by atoms with van der Waals surface area (Å²) in [5.74, 6) is 0.842. The molecule has 0 unspecified atom stereocenters. The number of sulfonamides is 1. The Labute approximate surface area is 192 Å². The van der Waals surface area contributed by atoms with E-state index >= 15 is 0 Å². The van der Waals surface area contributed by atoms with E-state index in [1.807, 2.05) is 35.0 Å². The van der Waals surface area contributed by atoms with Crippen LogP contribution in [0, 0.1) is 0 Å². The van der Waals surface area contributed by atoms with E-state index in [0.717, 1.165) is 49.4 Å². The number of aromatic nitrogens is 3. The highest BCUT2D eigenvalue weighted by molar-refractivity contribution is 7.90. The van der Waals surface area contributed by atoms with Crippen LogP contribution in [-0.4, -0.2) is 53.4 Å². The average Bonchev–Trinajstić information content (AvgIpc) is 3.60. The lowest BCUT2D eigenvalue weighted by Crippen LogP contribution is -2.41. The van der Waals surface area contributed by atoms with Crippen molar-refractivity contribution >= 4 is 32.8 Å². The number of hydrogen-bond acceptors (Lipinski definition) is 7. The van der Waals surface area contributed by atoms with Crippen LogP contribution in [0.25, 0.3) is 16.7 Å². The van der Waals surface area contributed by atoms with Crippen LogP contribution in [0.3, 0.4) is 0 Å². The van der Waals surface area contributed by atoms with Crippen molar-refractivity contribution in [1.82, 2.24) is 19.3 Å². The van der Waals surface area contributed by atoms with E-state index in [9.17, 15) is 13.2 Å². The van der Waals surface area contributed by atoms with Gasteiger partial charge in [0.15, 0.2) is 0 Å². The zero-order valence-corrected chi connectivity index (χ0v) is 19.2. The molecule has 33 heavy (non-hydrogen) atoms. The molecular formula is C23H27N5O4S. The van der Waals surface area contributed by atoms with Crippen LogP contribution < -0.4 is 10.0 Å². The molecule has 3 aromatic rings. The monoisotopic (exact) mass is 469 g/mol. The van der Waals surface area contributed by atoms with E-state index in [1.54, 1.807) is 12.3 Å². The van der Waals surface area contributed by atoms with Crippen LogP contribution in [0.15, 0.2) is 42.7 Å². The molecule has 5 rings (SSSR count). The summed E-state index contributed by atoms with van der Waals surface area (Å²) in [5.41, 5.74) is 1.36. The fourth-order valence-corrected chi connectivity index (χ4v) is 6.10. The molecule has 2 aromatic heterocycles. The summed E-state index contributed by atoms with van der Waals surface area (Å²) in [6.45, 7) is 0. The molecule has 2 saturated carbocycles. The van der Waals surface area contributed by atoms with Crippen LogP contribution in [0.4, 0.5) is 5.95 Å². The van der Waals surface area contributed by atoms with E-state index in [1.165, 1.54) is 7.11 Å². The molecule has 2 fully saturated rings. The molecule has 0 amide bonds. The second kappa shape index (κ2) is 8.75. The molecule has 0 spiro atoms. The first-order chi connectivity index (χ1) is 15.9. The van der Waals surface area contributed by atoms with Crippen molar-refractivity contribution in [1.29, 1.82) is 0 Å². The summed E-state index contributed by atoms with van der Waals surface area (Å²) in [4.78, 5) is 21.1. The van der Waals surface area contributed by atoms with Gasteiger partial charge in [0.2, 0.25) is 16.0 Å². The minimum atomic E-state index is -3.15. The van der Waals surface area contributed by atoms with Gasteiger partial charge >= 0.3 is 5.97 Å². The Hall–Kier alpha value is -2.98. The highest BCUT2D eigenvalue weighted by atomic mass is 32.2. The predicted molar refractivity (Wildman–Crippen MR) is 125 cm³/mol. The Morgan fingerprint density at radius 3 is 2.55 bits per heavy atom. The maximum Gasteiger partial charge on any atom is 0.338 e. The largest absolute Gasteiger partial charge is 0.465 e. The number of esters is 1. The third kappa shape index (κ3) is 4.58. The maximum absolute atomic E-state index is 12.2. The minimum absolute atomic E-state index is 0.0103. The van der Waals surface area contributed by atoms with Crippen molar-refractivity contribution in [3.05, 3.63) is 48.3 Å². The van der Waals surface area contributed by atoms with Crippen molar-refractivity contribution in [2.45, 2.75) is 55.9 Å². The molecule has 2 aliphatic rings. The van der Waals surface area contributed by atoms with Crippen molar-refractivity contribution in [3.8, 4) is 5.82 Å². The Morgan fingerprint density at radius 2 is 1.82 bits per heavy atom. The van der Waals surface area contributed by atoms with Gasteiger partial charge in [0, 0.05) is 29.9 Å². The SMILES string of the molecule is COC(=O)c1cccc2c1ccn2-c1ccnc(N[C@H]2CC[C@H](NS(=O)(=O)C3CC3)CC2)n1. The molecular weight excluding hydrogens is 442 g/mol. The number of rotatable bonds is 7. The van der Waals surface area contributed by atoms with Gasteiger partial charge in [-0.15, -0.1) is 0 Å². The van der Waals surface area contributed by atoms with Gasteiger partial charge in [-0.25, -0.2) is 22.9 Å². The number of carbonyl (C=O) groups is 1. The average molecular weight is 470 g/mol. The summed E-state index contributed by atoms with van der Waals surface area (Å²) in [6, 6.07) is 9.39. The summed E-state index contributed by atoms with van der Waals surface area (Å²) >= 11 is 0. The van der Waals surface area contributed by atoms with E-state index < -0.39 is 10.0 Å². The zero-order chi connectivity index (χ0) is 23.0. The Bertz CT molecular complexity index is 1280. The highest BCUT2D eigenvalue weighted by Gasteiger charge is 2.37. The van der Waals surface area contributed by atoms with Crippen molar-refractivity contribution in [2.75, 3.05) is 12.4 Å². The number of ether oxygens (including phenoxy) is 1. The minimum Gasteiger partial charge on any atom is -0.465 e. The second-order valence-corrected chi connectivity index (χ2v) is 10.7. The van der Waals surface area contributed by atoms with E-state index in [2.05, 4.69) is 20.0 Å². The van der Waals surface area contributed by atoms with E-state index in [-0.39, 0.29) is 23.3 Å². The standard InChI is InChI=1S/C23H27N5O4S/c1-32-22(29)19-3-2-4-20-18(19)12-14-28(20)21-11-13-24-23(26-21)25-15-5-7-16(8-6-15)27-33(30,31)17-9-10-17/h2-4,11-17,27H,5-10H2,1H3,(H,24,25,26)/t15-,16-. The van der Waals surface area contributed by atoms with Gasteiger partial charge in [0.25, 0.3) is 0 Å². The number of benzene rings is 1. The van der Waals surface area contributed by atoms with Gasteiger partial charge in [0.1, 0.15) is 5.82 Å². The molecule has 10 heteroatoms. The van der Waals surface area contributed by atoms with Gasteiger partial charge in [-0.2, -0.15) is 4.98 Å². The molecule has 0 atom stereocenters. The molecule has 2 aliphatic carbocycles. The highest BCUT2D eigenvalue weighted by Crippen LogP contribution is 2.30. The van der Waals surface area contributed by atoms with Gasteiger partial charge < -0.3 is 14.6 Å². The summed E-state index contributed by atoms with van der Waals surface area (Å²) in [7, 11) is -1.78. The zero-order valence-electron chi connectivity index (χ0n) is 18.4. The normalized spacial score (nSPS) is 21.1. The van der Waals surface area contributed by atoms with Gasteiger partial charge in [-0.05, 0) is 62.8 Å². The van der Waals surface area contributed by atoms with Crippen molar-refractivity contribution < 1.29 is 17.9 Å². The lowest BCUT2D eigenvalue weighted by atomic mass is 9.92. The second-order valence-electron chi connectivity index (χ2n) is 8.71. The lowest BCUT2D eigenvalue weighted by molar-refractivity contribution is 0.0603. The molecule has 0 aliphatic heterocycles. The van der Waals surface area contributed by atoms with Gasteiger partial charge in [-0.1, -0.05) is 6.07 Å². The van der Waals surface area contributed by atoms with E-state index in [0.29, 0.717) is 17.3 Å². The van der Waals surface area contributed by atoms with E-state index in [4.69, 9.17) is 4.74 Å². The summed E-state index contributed by atoms with van der Waals surface area (Å²) in [5, 5.41) is 4.01. The first kappa shape index (κ1) is 21.8. The third-order valence-electron chi connectivity index (χ3n) is 6.38. The number of anilines is 1. The fraction of sp³-hybridized carbons (Fsp3) is 0.435. The quantitative estimate of drug-likeness (QED) is 0.511. The molecule has 2 heterocycles. The number of carbonyl (C=O) groups excluding carboxylic acids is 1. The fourth-order valence-electron chi connectivity index (χ4n) is 4.45. The predicted octanol–water partition coefficient (Wildman–Crippen LogP) is 3.01. The number of hydrogen-bond donors (Lipinski definition) is 2. The topological polar surface area (TPSA) is 115 Å². The number of methoxy groups -OCH3 is 1. The molecule has 2 N–H and O–H groups in total. The van der Waals surface area contributed by atoms with Gasteiger partial charge in [0.05, 0.1) is 23.4 Å². The molecule has 0 radical (unpaired) electrons. The van der Waals surface area contributed by atoms with Crippen LogP contribution in [0.1, 0.15) is 48.9 Å². The van der Waals surface area contributed by atoms with Crippen LogP contribution in [0.2, 0.25) is 0 Å². The molecule has 1 aromatic carbocycles. The Kier molecular flexibility index (Phi) is 5.79. The first-order valence-corrected chi connectivity index (χ1v) is 12.8. The Morgan fingerprint density at radius 1 is 1.06 bits per heavy atom. The van der Waals surface area contributed by atoms with Crippen LogP contribution >= 0.6 is 0 Å². The van der Waals surface area contributed by atoms with Gasteiger partial charge in [-0.3, -0.25) is 0 Å². The van der Waals surface area contributed by atoms with Crippen LogP contribution in [0.5, 0.6) is 0 Å². The molecule has 0 bridgehead atoms.